The smallest absolute Gasteiger partial charge is 0.142 e. The number of anilines is 1. The first-order valence-electron chi connectivity index (χ1n) is 11.4. The van der Waals surface area contributed by atoms with E-state index in [9.17, 15) is 0 Å². The minimum absolute atomic E-state index is 0.669. The Balaban J connectivity index is 1.26. The van der Waals surface area contributed by atoms with Gasteiger partial charge in [-0.25, -0.2) is 0 Å². The zero-order valence-corrected chi connectivity index (χ0v) is 18.9. The molecule has 0 radical (unpaired) electrons. The average Bonchev–Trinajstić information content (AvgIpc) is 2.85. The molecule has 0 bridgehead atoms. The monoisotopic (exact) mass is 421 g/mol. The van der Waals surface area contributed by atoms with Crippen LogP contribution in [0.2, 0.25) is 0 Å². The lowest BCUT2D eigenvalue weighted by atomic mass is 10.0. The number of hydrogen-bond donors (Lipinski definition) is 0. The fourth-order valence-electron chi connectivity index (χ4n) is 4.77. The summed E-state index contributed by atoms with van der Waals surface area (Å²) in [5.74, 6) is 1.88. The number of ether oxygens (including phenoxy) is 2. The zero-order chi connectivity index (χ0) is 21.5. The molecule has 5 nitrogen and oxygen atoms in total. The van der Waals surface area contributed by atoms with Gasteiger partial charge in [-0.2, -0.15) is 0 Å². The van der Waals surface area contributed by atoms with Crippen molar-refractivity contribution in [3.05, 3.63) is 60.2 Å². The molecule has 0 amide bonds. The second-order valence-electron chi connectivity index (χ2n) is 8.43. The fraction of sp³-hybridized carbons (Fsp3) is 0.462. The van der Waals surface area contributed by atoms with Crippen molar-refractivity contribution < 1.29 is 9.47 Å². The Morgan fingerprint density at radius 2 is 1.68 bits per heavy atom. The number of rotatable bonds is 7. The predicted molar refractivity (Wildman–Crippen MR) is 128 cm³/mol. The molecule has 0 saturated carbocycles. The topological polar surface area (TPSA) is 28.2 Å². The third kappa shape index (κ3) is 5.60. The van der Waals surface area contributed by atoms with Gasteiger partial charge in [0.15, 0.2) is 0 Å². The highest BCUT2D eigenvalue weighted by Crippen LogP contribution is 2.29. The normalized spacial score (nSPS) is 20.8. The van der Waals surface area contributed by atoms with Crippen LogP contribution in [0.25, 0.3) is 6.08 Å². The van der Waals surface area contributed by atoms with E-state index < -0.39 is 0 Å². The van der Waals surface area contributed by atoms with Crippen molar-refractivity contribution in [2.24, 2.45) is 0 Å². The SMILES string of the molecule is COc1ccc(C=CCN2CCCC(N3CCN(c4ccccc4OC)CC3)C2)cc1. The first-order chi connectivity index (χ1) is 15.3. The van der Waals surface area contributed by atoms with E-state index in [4.69, 9.17) is 9.47 Å². The van der Waals surface area contributed by atoms with Gasteiger partial charge < -0.3 is 14.4 Å². The van der Waals surface area contributed by atoms with Crippen molar-refractivity contribution >= 4 is 11.8 Å². The van der Waals surface area contributed by atoms with Crippen LogP contribution in [-0.2, 0) is 0 Å². The summed E-state index contributed by atoms with van der Waals surface area (Å²) in [5.41, 5.74) is 2.44. The molecule has 2 heterocycles. The third-order valence-corrected chi connectivity index (χ3v) is 6.53. The molecular formula is C26H35N3O2. The summed E-state index contributed by atoms with van der Waals surface area (Å²) in [6.07, 6.45) is 7.11. The lowest BCUT2D eigenvalue weighted by Crippen LogP contribution is -2.55. The molecule has 2 aliphatic heterocycles. The molecule has 2 aliphatic rings. The summed E-state index contributed by atoms with van der Waals surface area (Å²) in [6.45, 7) is 7.76. The molecular weight excluding hydrogens is 386 g/mol. The van der Waals surface area contributed by atoms with E-state index in [2.05, 4.69) is 57.2 Å². The van der Waals surface area contributed by atoms with Crippen LogP contribution in [0.1, 0.15) is 18.4 Å². The second kappa shape index (κ2) is 10.7. The second-order valence-corrected chi connectivity index (χ2v) is 8.43. The zero-order valence-electron chi connectivity index (χ0n) is 18.9. The van der Waals surface area contributed by atoms with Crippen LogP contribution >= 0.6 is 0 Å². The number of hydrogen-bond acceptors (Lipinski definition) is 5. The number of para-hydroxylation sites is 2. The molecule has 0 aromatic heterocycles. The van der Waals surface area contributed by atoms with Crippen molar-refractivity contribution in [3.63, 3.8) is 0 Å². The fourth-order valence-corrected chi connectivity index (χ4v) is 4.77. The van der Waals surface area contributed by atoms with E-state index in [0.717, 1.165) is 44.2 Å². The summed E-state index contributed by atoms with van der Waals surface area (Å²) in [4.78, 5) is 7.76. The van der Waals surface area contributed by atoms with Gasteiger partial charge in [0.1, 0.15) is 11.5 Å². The minimum Gasteiger partial charge on any atom is -0.497 e. The Morgan fingerprint density at radius 1 is 0.903 bits per heavy atom. The lowest BCUT2D eigenvalue weighted by Gasteiger charge is -2.44. The summed E-state index contributed by atoms with van der Waals surface area (Å²) < 4.78 is 10.8. The van der Waals surface area contributed by atoms with Crippen LogP contribution in [0.3, 0.4) is 0 Å². The molecule has 4 rings (SSSR count). The van der Waals surface area contributed by atoms with Crippen LogP contribution in [0.4, 0.5) is 5.69 Å². The molecule has 2 aromatic rings. The van der Waals surface area contributed by atoms with Crippen molar-refractivity contribution in [1.82, 2.24) is 9.80 Å². The van der Waals surface area contributed by atoms with Gasteiger partial charge in [0, 0.05) is 45.3 Å². The molecule has 1 atom stereocenters. The van der Waals surface area contributed by atoms with Crippen molar-refractivity contribution in [3.8, 4) is 11.5 Å². The molecule has 2 saturated heterocycles. The van der Waals surface area contributed by atoms with E-state index in [1.54, 1.807) is 14.2 Å². The number of piperidine rings is 1. The van der Waals surface area contributed by atoms with Gasteiger partial charge in [0.2, 0.25) is 0 Å². The Labute approximate surface area is 186 Å². The Bertz CT molecular complexity index is 844. The van der Waals surface area contributed by atoms with Gasteiger partial charge in [0.25, 0.3) is 0 Å². The number of methoxy groups -OCH3 is 2. The first-order valence-corrected chi connectivity index (χ1v) is 11.4. The quantitative estimate of drug-likeness (QED) is 0.674. The van der Waals surface area contributed by atoms with Crippen LogP contribution in [0.5, 0.6) is 11.5 Å². The van der Waals surface area contributed by atoms with Gasteiger partial charge in [0.05, 0.1) is 19.9 Å². The molecule has 5 heteroatoms. The summed E-state index contributed by atoms with van der Waals surface area (Å²) in [6, 6.07) is 17.3. The number of piperazine rings is 1. The van der Waals surface area contributed by atoms with E-state index in [1.807, 2.05) is 18.2 Å². The highest BCUT2D eigenvalue weighted by Gasteiger charge is 2.28. The average molecular weight is 422 g/mol. The van der Waals surface area contributed by atoms with E-state index in [1.165, 1.54) is 37.2 Å². The van der Waals surface area contributed by atoms with Crippen LogP contribution < -0.4 is 14.4 Å². The molecule has 0 N–H and O–H groups in total. The van der Waals surface area contributed by atoms with Crippen molar-refractivity contribution in [2.75, 3.05) is 64.9 Å². The Morgan fingerprint density at radius 3 is 2.42 bits per heavy atom. The van der Waals surface area contributed by atoms with Crippen LogP contribution in [0, 0.1) is 0 Å². The van der Waals surface area contributed by atoms with Gasteiger partial charge in [-0.3, -0.25) is 9.80 Å². The number of benzene rings is 2. The maximum absolute atomic E-state index is 5.56. The third-order valence-electron chi connectivity index (χ3n) is 6.53. The van der Waals surface area contributed by atoms with E-state index >= 15 is 0 Å². The Kier molecular flexibility index (Phi) is 7.49. The Hall–Kier alpha value is -2.50. The number of likely N-dealkylation sites (tertiary alicyclic amines) is 1. The molecule has 0 aliphatic carbocycles. The molecule has 1 unspecified atom stereocenters. The molecule has 2 fully saturated rings. The molecule has 2 aromatic carbocycles. The molecule has 31 heavy (non-hydrogen) atoms. The number of nitrogens with zero attached hydrogens (tertiary/aromatic N) is 3. The highest BCUT2D eigenvalue weighted by molar-refractivity contribution is 5.58. The minimum atomic E-state index is 0.669. The lowest BCUT2D eigenvalue weighted by molar-refractivity contribution is 0.0991. The standard InChI is InChI=1S/C26H35N3O2/c1-30-24-13-11-22(12-14-24)7-5-15-27-16-6-8-23(21-27)28-17-19-29(20-18-28)25-9-3-4-10-26(25)31-2/h3-5,7,9-14,23H,6,8,15-21H2,1-2H3. The maximum atomic E-state index is 5.56. The molecule has 0 spiro atoms. The van der Waals surface area contributed by atoms with Gasteiger partial charge >= 0.3 is 0 Å². The van der Waals surface area contributed by atoms with Crippen LogP contribution in [-0.4, -0.2) is 75.9 Å². The predicted octanol–water partition coefficient (Wildman–Crippen LogP) is 4.00. The summed E-state index contributed by atoms with van der Waals surface area (Å²) in [7, 11) is 3.46. The highest BCUT2D eigenvalue weighted by atomic mass is 16.5. The largest absolute Gasteiger partial charge is 0.497 e. The first kappa shape index (κ1) is 21.7. The summed E-state index contributed by atoms with van der Waals surface area (Å²) >= 11 is 0. The van der Waals surface area contributed by atoms with Gasteiger partial charge in [-0.05, 0) is 49.2 Å². The van der Waals surface area contributed by atoms with Crippen molar-refractivity contribution in [2.45, 2.75) is 18.9 Å². The van der Waals surface area contributed by atoms with Gasteiger partial charge in [-0.1, -0.05) is 36.4 Å². The summed E-state index contributed by atoms with van der Waals surface area (Å²) in [5, 5.41) is 0. The van der Waals surface area contributed by atoms with E-state index in [-0.39, 0.29) is 0 Å². The van der Waals surface area contributed by atoms with E-state index in [0.29, 0.717) is 6.04 Å². The van der Waals surface area contributed by atoms with Crippen LogP contribution in [0.15, 0.2) is 54.6 Å². The van der Waals surface area contributed by atoms with Crippen molar-refractivity contribution in [1.29, 1.82) is 0 Å². The molecule has 166 valence electrons. The van der Waals surface area contributed by atoms with Gasteiger partial charge in [-0.15, -0.1) is 0 Å². The maximum Gasteiger partial charge on any atom is 0.142 e.